The highest BCUT2D eigenvalue weighted by molar-refractivity contribution is 5.77. The minimum Gasteiger partial charge on any atom is -0.480 e. The van der Waals surface area contributed by atoms with Crippen molar-refractivity contribution in [3.8, 4) is 11.8 Å². The number of methoxy groups -OCH3 is 1. The van der Waals surface area contributed by atoms with Gasteiger partial charge in [0.15, 0.2) is 0 Å². The van der Waals surface area contributed by atoms with Gasteiger partial charge in [-0.2, -0.15) is 0 Å². The fourth-order valence-electron chi connectivity index (χ4n) is 1.98. The smallest absolute Gasteiger partial charge is 0.248 e. The number of amides is 1. The first-order chi connectivity index (χ1) is 9.72. The van der Waals surface area contributed by atoms with Gasteiger partial charge in [-0.3, -0.25) is 4.79 Å². The van der Waals surface area contributed by atoms with Gasteiger partial charge in [0.1, 0.15) is 12.7 Å². The van der Waals surface area contributed by atoms with E-state index >= 15 is 0 Å². The van der Waals surface area contributed by atoms with Crippen molar-refractivity contribution in [3.05, 3.63) is 12.1 Å². The summed E-state index contributed by atoms with van der Waals surface area (Å²) in [5.74, 6) is 0.881. The van der Waals surface area contributed by atoms with Crippen LogP contribution in [-0.4, -0.2) is 60.5 Å². The first-order valence-corrected chi connectivity index (χ1v) is 6.62. The van der Waals surface area contributed by atoms with Crippen LogP contribution in [0.4, 0.5) is 0 Å². The number of carbonyl (C=O) groups is 1. The van der Waals surface area contributed by atoms with Crippen LogP contribution < -0.4 is 9.47 Å². The van der Waals surface area contributed by atoms with Gasteiger partial charge in [0.2, 0.25) is 17.7 Å². The lowest BCUT2D eigenvalue weighted by molar-refractivity contribution is -0.135. The standard InChI is InChI=1S/C13H19N3O4/c1-3-19-9-13(17)16-7-6-10(8-16)20-12-5-4-11(18-2)14-15-12/h4-5,10H,3,6-9H2,1-2H3/t10-/m1/s1. The number of nitrogens with zero attached hydrogens (tertiary/aromatic N) is 3. The molecule has 0 spiro atoms. The van der Waals surface area contributed by atoms with Crippen LogP contribution in [0.1, 0.15) is 13.3 Å². The second-order valence-electron chi connectivity index (χ2n) is 4.42. The number of likely N-dealkylation sites (tertiary alicyclic amines) is 1. The van der Waals surface area contributed by atoms with Gasteiger partial charge >= 0.3 is 0 Å². The Morgan fingerprint density at radius 1 is 1.40 bits per heavy atom. The van der Waals surface area contributed by atoms with Crippen molar-refractivity contribution in [1.82, 2.24) is 15.1 Å². The number of rotatable bonds is 6. The van der Waals surface area contributed by atoms with Crippen LogP contribution in [-0.2, 0) is 9.53 Å². The van der Waals surface area contributed by atoms with Crippen LogP contribution in [0.15, 0.2) is 12.1 Å². The number of carbonyl (C=O) groups excluding carboxylic acids is 1. The zero-order valence-corrected chi connectivity index (χ0v) is 11.7. The molecular weight excluding hydrogens is 262 g/mol. The molecule has 1 saturated heterocycles. The fourth-order valence-corrected chi connectivity index (χ4v) is 1.98. The molecule has 7 heteroatoms. The highest BCUT2D eigenvalue weighted by Crippen LogP contribution is 2.17. The van der Waals surface area contributed by atoms with E-state index in [9.17, 15) is 4.79 Å². The second-order valence-corrected chi connectivity index (χ2v) is 4.42. The second kappa shape index (κ2) is 7.04. The van der Waals surface area contributed by atoms with E-state index in [1.54, 1.807) is 17.0 Å². The Balaban J connectivity index is 1.81. The molecule has 0 N–H and O–H groups in total. The minimum atomic E-state index is -0.0525. The topological polar surface area (TPSA) is 73.8 Å². The molecular formula is C13H19N3O4. The van der Waals surface area contributed by atoms with E-state index in [2.05, 4.69) is 10.2 Å². The average molecular weight is 281 g/mol. The summed E-state index contributed by atoms with van der Waals surface area (Å²) in [7, 11) is 1.53. The molecule has 2 rings (SSSR count). The van der Waals surface area contributed by atoms with Crippen molar-refractivity contribution in [2.75, 3.05) is 33.4 Å². The van der Waals surface area contributed by atoms with E-state index in [1.807, 2.05) is 6.92 Å². The highest BCUT2D eigenvalue weighted by Gasteiger charge is 2.27. The molecule has 1 atom stereocenters. The van der Waals surface area contributed by atoms with Crippen molar-refractivity contribution in [3.63, 3.8) is 0 Å². The molecule has 0 aliphatic carbocycles. The summed E-state index contributed by atoms with van der Waals surface area (Å²) in [6.45, 7) is 3.78. The normalized spacial score (nSPS) is 18.1. The molecule has 0 bridgehead atoms. The van der Waals surface area contributed by atoms with Crippen molar-refractivity contribution >= 4 is 5.91 Å². The molecule has 1 amide bonds. The molecule has 0 unspecified atom stereocenters. The Labute approximate surface area is 117 Å². The molecule has 7 nitrogen and oxygen atoms in total. The highest BCUT2D eigenvalue weighted by atomic mass is 16.5. The number of ether oxygens (including phenoxy) is 3. The van der Waals surface area contributed by atoms with Gasteiger partial charge in [0.05, 0.1) is 13.7 Å². The van der Waals surface area contributed by atoms with E-state index in [1.165, 1.54) is 7.11 Å². The maximum atomic E-state index is 11.8. The zero-order valence-electron chi connectivity index (χ0n) is 11.7. The van der Waals surface area contributed by atoms with Gasteiger partial charge in [-0.25, -0.2) is 0 Å². The third kappa shape index (κ3) is 3.80. The third-order valence-electron chi connectivity index (χ3n) is 3.04. The Hall–Kier alpha value is -1.89. The van der Waals surface area contributed by atoms with E-state index in [0.29, 0.717) is 31.5 Å². The molecule has 0 aromatic carbocycles. The van der Waals surface area contributed by atoms with E-state index < -0.39 is 0 Å². The van der Waals surface area contributed by atoms with Gasteiger partial charge in [-0.15, -0.1) is 10.2 Å². The molecule has 20 heavy (non-hydrogen) atoms. The van der Waals surface area contributed by atoms with Crippen molar-refractivity contribution in [2.24, 2.45) is 0 Å². The Kier molecular flexibility index (Phi) is 5.11. The largest absolute Gasteiger partial charge is 0.480 e. The molecule has 1 aliphatic heterocycles. The predicted octanol–water partition coefficient (Wildman–Crippen LogP) is 0.501. The zero-order chi connectivity index (χ0) is 14.4. The first-order valence-electron chi connectivity index (χ1n) is 6.62. The van der Waals surface area contributed by atoms with E-state index in [-0.39, 0.29) is 18.6 Å². The van der Waals surface area contributed by atoms with Gasteiger partial charge in [0.25, 0.3) is 0 Å². The fraction of sp³-hybridized carbons (Fsp3) is 0.615. The lowest BCUT2D eigenvalue weighted by Crippen LogP contribution is -2.33. The SMILES string of the molecule is CCOCC(=O)N1CC[C@@H](Oc2ccc(OC)nn2)C1. The van der Waals surface area contributed by atoms with Gasteiger partial charge < -0.3 is 19.1 Å². The summed E-state index contributed by atoms with van der Waals surface area (Å²) in [4.78, 5) is 13.5. The maximum Gasteiger partial charge on any atom is 0.248 e. The Morgan fingerprint density at radius 3 is 2.80 bits per heavy atom. The van der Waals surface area contributed by atoms with Crippen LogP contribution in [0.25, 0.3) is 0 Å². The first kappa shape index (κ1) is 14.5. The van der Waals surface area contributed by atoms with Crippen molar-refractivity contribution < 1.29 is 19.0 Å². The van der Waals surface area contributed by atoms with Crippen LogP contribution in [0.3, 0.4) is 0 Å². The monoisotopic (exact) mass is 281 g/mol. The molecule has 1 aromatic rings. The summed E-state index contributed by atoms with van der Waals surface area (Å²) in [5, 5.41) is 7.74. The molecule has 0 saturated carbocycles. The van der Waals surface area contributed by atoms with Crippen LogP contribution in [0, 0.1) is 0 Å². The summed E-state index contributed by atoms with van der Waals surface area (Å²) >= 11 is 0. The van der Waals surface area contributed by atoms with Gasteiger partial charge in [0, 0.05) is 31.7 Å². The number of aromatic nitrogens is 2. The van der Waals surface area contributed by atoms with Gasteiger partial charge in [-0.1, -0.05) is 0 Å². The quantitative estimate of drug-likeness (QED) is 0.756. The summed E-state index contributed by atoms with van der Waals surface area (Å²) < 4.78 is 15.7. The van der Waals surface area contributed by atoms with E-state index in [4.69, 9.17) is 14.2 Å². The number of hydrogen-bond acceptors (Lipinski definition) is 6. The molecule has 1 aromatic heterocycles. The third-order valence-corrected chi connectivity index (χ3v) is 3.04. The summed E-state index contributed by atoms with van der Waals surface area (Å²) in [6.07, 6.45) is 0.731. The molecule has 0 radical (unpaired) electrons. The number of hydrogen-bond donors (Lipinski definition) is 0. The van der Waals surface area contributed by atoms with Crippen molar-refractivity contribution in [1.29, 1.82) is 0 Å². The summed E-state index contributed by atoms with van der Waals surface area (Å²) in [5.41, 5.74) is 0. The molecule has 2 heterocycles. The predicted molar refractivity (Wildman–Crippen MR) is 70.7 cm³/mol. The van der Waals surface area contributed by atoms with Crippen molar-refractivity contribution in [2.45, 2.75) is 19.4 Å². The Bertz CT molecular complexity index is 438. The average Bonchev–Trinajstić information content (AvgIpc) is 2.94. The van der Waals surface area contributed by atoms with Gasteiger partial charge in [-0.05, 0) is 6.92 Å². The molecule has 110 valence electrons. The van der Waals surface area contributed by atoms with Crippen LogP contribution in [0.2, 0.25) is 0 Å². The lowest BCUT2D eigenvalue weighted by Gasteiger charge is -2.16. The van der Waals surface area contributed by atoms with E-state index in [0.717, 1.165) is 6.42 Å². The van der Waals surface area contributed by atoms with Crippen LogP contribution >= 0.6 is 0 Å². The summed E-state index contributed by atoms with van der Waals surface area (Å²) in [6, 6.07) is 3.39. The lowest BCUT2D eigenvalue weighted by atomic mass is 10.3. The van der Waals surface area contributed by atoms with Crippen LogP contribution in [0.5, 0.6) is 11.8 Å². The minimum absolute atomic E-state index is 0.00114. The molecule has 1 fully saturated rings. The molecule has 1 aliphatic rings. The Morgan fingerprint density at radius 2 is 2.15 bits per heavy atom. The maximum absolute atomic E-state index is 11.8.